The Kier molecular flexibility index (Phi) is 7.29. The number of benzene rings is 1. The summed E-state index contributed by atoms with van der Waals surface area (Å²) in [5.74, 6) is 1.05. The molecule has 0 saturated heterocycles. The quantitative estimate of drug-likeness (QED) is 0.697. The van der Waals surface area contributed by atoms with Crippen LogP contribution in [0.5, 0.6) is 5.75 Å². The van der Waals surface area contributed by atoms with E-state index in [-0.39, 0.29) is 23.0 Å². The first-order valence-electron chi connectivity index (χ1n) is 9.85. The molecule has 1 radical (unpaired) electrons. The molecule has 1 aromatic carbocycles. The number of nitrogens with one attached hydrogen (secondary N) is 1. The van der Waals surface area contributed by atoms with Crippen LogP contribution in [0, 0.1) is 5.41 Å². The van der Waals surface area contributed by atoms with Crippen molar-refractivity contribution in [3.8, 4) is 5.75 Å². The number of rotatable bonds is 8. The second-order valence-electron chi connectivity index (χ2n) is 8.31. The normalized spacial score (nSPS) is 15.9. The zero-order chi connectivity index (χ0) is 20.0. The molecule has 145 valence electrons. The molecule has 27 heavy (non-hydrogen) atoms. The van der Waals surface area contributed by atoms with E-state index in [2.05, 4.69) is 11.9 Å². The van der Waals surface area contributed by atoms with Crippen LogP contribution < -0.4 is 9.97 Å². The van der Waals surface area contributed by atoms with E-state index in [0.717, 1.165) is 41.7 Å². The van der Waals surface area contributed by atoms with Crippen molar-refractivity contribution in [2.75, 3.05) is 0 Å². The fraction of sp³-hybridized carbons (Fsp3) is 0.545. The fourth-order valence-electron chi connectivity index (χ4n) is 3.16. The van der Waals surface area contributed by atoms with E-state index in [4.69, 9.17) is 4.65 Å². The topological polar surface area (TPSA) is 55.4 Å². The molecular weight excluding hydrogens is 337 g/mol. The maximum Gasteiger partial charge on any atom is 0.394 e. The SMILES string of the molecule is C=C(CCCC(=O)C(C)(C)C)c1cccc2c1O[B]C(NC(=O)CCC)C2. The molecule has 5 heteroatoms. The number of ketones is 1. The Labute approximate surface area is 164 Å². The summed E-state index contributed by atoms with van der Waals surface area (Å²) < 4.78 is 5.88. The van der Waals surface area contributed by atoms with Crippen molar-refractivity contribution < 1.29 is 14.2 Å². The number of fused-ring (bicyclic) bond motifs is 1. The second kappa shape index (κ2) is 9.25. The summed E-state index contributed by atoms with van der Waals surface area (Å²) >= 11 is 0. The molecule has 1 atom stereocenters. The summed E-state index contributed by atoms with van der Waals surface area (Å²) in [5, 5.41) is 2.99. The lowest BCUT2D eigenvalue weighted by molar-refractivity contribution is -0.126. The Morgan fingerprint density at radius 2 is 2.00 bits per heavy atom. The van der Waals surface area contributed by atoms with Crippen molar-refractivity contribution in [3.05, 3.63) is 35.9 Å². The fourth-order valence-corrected chi connectivity index (χ4v) is 3.16. The van der Waals surface area contributed by atoms with E-state index in [9.17, 15) is 9.59 Å². The van der Waals surface area contributed by atoms with Gasteiger partial charge < -0.3 is 9.97 Å². The molecule has 0 aromatic heterocycles. The second-order valence-corrected chi connectivity index (χ2v) is 8.31. The van der Waals surface area contributed by atoms with Crippen LogP contribution in [-0.4, -0.2) is 25.1 Å². The molecule has 0 bridgehead atoms. The first-order valence-corrected chi connectivity index (χ1v) is 9.85. The zero-order valence-electron chi connectivity index (χ0n) is 17.1. The molecule has 1 aliphatic rings. The van der Waals surface area contributed by atoms with E-state index in [0.29, 0.717) is 19.3 Å². The van der Waals surface area contributed by atoms with Crippen molar-refractivity contribution in [1.29, 1.82) is 0 Å². The Morgan fingerprint density at radius 3 is 2.67 bits per heavy atom. The standard InChI is InChI=1S/C22H31BNO3/c1-6-9-20(26)24-19-14-16-11-8-12-17(21(16)27-23-19)15(2)10-7-13-18(25)22(3,4)5/h8,11-12,19H,2,6-7,9-10,13-14H2,1,3-5H3,(H,24,26). The van der Waals surface area contributed by atoms with E-state index in [1.165, 1.54) is 0 Å². The maximum atomic E-state index is 12.1. The van der Waals surface area contributed by atoms with Gasteiger partial charge in [0.2, 0.25) is 5.91 Å². The van der Waals surface area contributed by atoms with Crippen molar-refractivity contribution in [1.82, 2.24) is 5.32 Å². The van der Waals surface area contributed by atoms with Gasteiger partial charge in [-0.25, -0.2) is 0 Å². The molecule has 1 unspecified atom stereocenters. The molecule has 0 spiro atoms. The number of para-hydroxylation sites is 1. The summed E-state index contributed by atoms with van der Waals surface area (Å²) in [5.41, 5.74) is 2.76. The summed E-state index contributed by atoms with van der Waals surface area (Å²) in [6.45, 7) is 12.1. The predicted octanol–water partition coefficient (Wildman–Crippen LogP) is 4.28. The summed E-state index contributed by atoms with van der Waals surface area (Å²) in [6, 6.07) is 6.04. The van der Waals surface area contributed by atoms with Gasteiger partial charge in [-0.2, -0.15) is 0 Å². The molecule has 1 N–H and O–H groups in total. The van der Waals surface area contributed by atoms with Crippen LogP contribution >= 0.6 is 0 Å². The molecule has 2 rings (SSSR count). The number of carbonyl (C=O) groups is 2. The van der Waals surface area contributed by atoms with Gasteiger partial charge >= 0.3 is 7.48 Å². The summed E-state index contributed by atoms with van der Waals surface area (Å²) in [7, 11) is 1.70. The van der Waals surface area contributed by atoms with Crippen LogP contribution in [0.4, 0.5) is 0 Å². The third kappa shape index (κ3) is 5.98. The molecule has 0 aliphatic carbocycles. The minimum absolute atomic E-state index is 0.0508. The van der Waals surface area contributed by atoms with Gasteiger partial charge in [0, 0.05) is 29.8 Å². The van der Waals surface area contributed by atoms with Crippen molar-refractivity contribution in [2.45, 2.75) is 72.2 Å². The van der Waals surface area contributed by atoms with Gasteiger partial charge in [0.1, 0.15) is 11.5 Å². The first kappa shape index (κ1) is 21.3. The number of carbonyl (C=O) groups excluding carboxylic acids is 2. The average molecular weight is 368 g/mol. The lowest BCUT2D eigenvalue weighted by Gasteiger charge is -2.27. The van der Waals surface area contributed by atoms with Gasteiger partial charge in [0.05, 0.1) is 0 Å². The van der Waals surface area contributed by atoms with Gasteiger partial charge in [-0.1, -0.05) is 52.5 Å². The van der Waals surface area contributed by atoms with E-state index in [1.807, 2.05) is 45.9 Å². The first-order chi connectivity index (χ1) is 12.7. The van der Waals surface area contributed by atoms with Crippen molar-refractivity contribution in [2.24, 2.45) is 5.41 Å². The highest BCUT2D eigenvalue weighted by atomic mass is 16.4. The van der Waals surface area contributed by atoms with E-state index >= 15 is 0 Å². The lowest BCUT2D eigenvalue weighted by atomic mass is 9.78. The molecule has 1 aromatic rings. The highest BCUT2D eigenvalue weighted by molar-refractivity contribution is 6.32. The Bertz CT molecular complexity index is 706. The Hall–Kier alpha value is -2.04. The number of amides is 1. The van der Waals surface area contributed by atoms with E-state index in [1.54, 1.807) is 7.48 Å². The molecular formula is C22H31BNO3. The largest absolute Gasteiger partial charge is 0.560 e. The zero-order valence-corrected chi connectivity index (χ0v) is 17.1. The molecule has 0 fully saturated rings. The lowest BCUT2D eigenvalue weighted by Crippen LogP contribution is -2.45. The van der Waals surface area contributed by atoms with Gasteiger partial charge in [0.15, 0.2) is 0 Å². The monoisotopic (exact) mass is 368 g/mol. The third-order valence-corrected chi connectivity index (χ3v) is 4.81. The smallest absolute Gasteiger partial charge is 0.394 e. The number of Topliss-reactive ketones (excluding diaryl/α,β-unsaturated/α-hetero) is 1. The van der Waals surface area contributed by atoms with Crippen LogP contribution in [-0.2, 0) is 16.0 Å². The Morgan fingerprint density at radius 1 is 1.26 bits per heavy atom. The summed E-state index contributed by atoms with van der Waals surface area (Å²) in [4.78, 5) is 23.9. The predicted molar refractivity (Wildman–Crippen MR) is 111 cm³/mol. The molecule has 1 heterocycles. The summed E-state index contributed by atoms with van der Waals surface area (Å²) in [6.07, 6.45) is 4.19. The van der Waals surface area contributed by atoms with Crippen molar-refractivity contribution >= 4 is 24.7 Å². The van der Waals surface area contributed by atoms with Crippen LogP contribution in [0.3, 0.4) is 0 Å². The van der Waals surface area contributed by atoms with Gasteiger partial charge in [-0.05, 0) is 36.8 Å². The maximum absolute atomic E-state index is 12.1. The number of allylic oxidation sites excluding steroid dienone is 1. The number of hydrogen-bond donors (Lipinski definition) is 1. The molecule has 4 nitrogen and oxygen atoms in total. The van der Waals surface area contributed by atoms with E-state index < -0.39 is 0 Å². The van der Waals surface area contributed by atoms with Crippen LogP contribution in [0.25, 0.3) is 5.57 Å². The highest BCUT2D eigenvalue weighted by Gasteiger charge is 2.26. The minimum Gasteiger partial charge on any atom is -0.560 e. The van der Waals surface area contributed by atoms with Crippen LogP contribution in [0.2, 0.25) is 0 Å². The van der Waals surface area contributed by atoms with Crippen LogP contribution in [0.1, 0.15) is 70.9 Å². The molecule has 1 aliphatic heterocycles. The highest BCUT2D eigenvalue weighted by Crippen LogP contribution is 2.34. The molecule has 1 amide bonds. The number of hydrogen-bond acceptors (Lipinski definition) is 3. The van der Waals surface area contributed by atoms with Crippen molar-refractivity contribution in [3.63, 3.8) is 0 Å². The Balaban J connectivity index is 1.97. The van der Waals surface area contributed by atoms with Gasteiger partial charge in [-0.15, -0.1) is 0 Å². The molecule has 0 saturated carbocycles. The average Bonchev–Trinajstić information content (AvgIpc) is 2.60. The van der Waals surface area contributed by atoms with Crippen LogP contribution in [0.15, 0.2) is 24.8 Å². The van der Waals surface area contributed by atoms with Gasteiger partial charge in [-0.3, -0.25) is 9.59 Å². The van der Waals surface area contributed by atoms with Gasteiger partial charge in [0.25, 0.3) is 0 Å². The third-order valence-electron chi connectivity index (χ3n) is 4.81. The minimum atomic E-state index is -0.289.